The van der Waals surface area contributed by atoms with Gasteiger partial charge in [0, 0.05) is 19.1 Å². The van der Waals surface area contributed by atoms with Gasteiger partial charge in [0.15, 0.2) is 0 Å². The van der Waals surface area contributed by atoms with Crippen LogP contribution in [0.1, 0.15) is 51.7 Å². The van der Waals surface area contributed by atoms with Gasteiger partial charge in [0.05, 0.1) is 11.2 Å². The van der Waals surface area contributed by atoms with E-state index in [1.165, 1.54) is 43.6 Å². The van der Waals surface area contributed by atoms with Gasteiger partial charge < -0.3 is 14.2 Å². The van der Waals surface area contributed by atoms with E-state index in [1.807, 2.05) is 0 Å². The zero-order valence-corrected chi connectivity index (χ0v) is 17.0. The Labute approximate surface area is 159 Å². The highest BCUT2D eigenvalue weighted by Crippen LogP contribution is 2.36. The first-order chi connectivity index (χ1) is 12.2. The quantitative estimate of drug-likeness (QED) is 0.760. The first-order valence-corrected chi connectivity index (χ1v) is 10.2. The summed E-state index contributed by atoms with van der Waals surface area (Å²) in [6.07, 6.45) is 3.74. The molecule has 0 aliphatic carbocycles. The molecule has 2 fully saturated rings. The predicted octanol–water partition coefficient (Wildman–Crippen LogP) is 2.44. The number of rotatable bonds is 2. The van der Waals surface area contributed by atoms with Crippen LogP contribution in [0.15, 0.2) is 18.2 Å². The molecule has 3 heterocycles. The molecule has 4 nitrogen and oxygen atoms in total. The highest BCUT2D eigenvalue weighted by molar-refractivity contribution is 6.62. The van der Waals surface area contributed by atoms with Crippen molar-refractivity contribution in [2.45, 2.75) is 70.7 Å². The summed E-state index contributed by atoms with van der Waals surface area (Å²) in [5.74, 6) is 0. The molecule has 0 N–H and O–H groups in total. The molecular weight excluding hydrogens is 323 g/mol. The number of fused-ring (bicyclic) bond motifs is 1. The number of benzene rings is 1. The van der Waals surface area contributed by atoms with Crippen molar-refractivity contribution in [1.29, 1.82) is 0 Å². The SMILES string of the molecule is CN1CCC(N2CCc3cc(B4OC(C)(C)C(C)(C)O4)ccc3C2)CC1. The largest absolute Gasteiger partial charge is 0.494 e. The minimum absolute atomic E-state index is 0.253. The summed E-state index contributed by atoms with van der Waals surface area (Å²) in [7, 11) is 1.98. The van der Waals surface area contributed by atoms with Crippen molar-refractivity contribution in [3.8, 4) is 0 Å². The summed E-state index contributed by atoms with van der Waals surface area (Å²) in [6, 6.07) is 7.58. The Morgan fingerprint density at radius 2 is 1.62 bits per heavy atom. The van der Waals surface area contributed by atoms with Crippen LogP contribution >= 0.6 is 0 Å². The van der Waals surface area contributed by atoms with Gasteiger partial charge in [-0.15, -0.1) is 0 Å². The summed E-state index contributed by atoms with van der Waals surface area (Å²) in [5, 5.41) is 0. The molecule has 0 saturated carbocycles. The first-order valence-electron chi connectivity index (χ1n) is 10.2. The van der Waals surface area contributed by atoms with Gasteiger partial charge in [-0.3, -0.25) is 4.90 Å². The van der Waals surface area contributed by atoms with Crippen molar-refractivity contribution in [1.82, 2.24) is 9.80 Å². The van der Waals surface area contributed by atoms with E-state index in [9.17, 15) is 0 Å². The van der Waals surface area contributed by atoms with Crippen LogP contribution in [0.2, 0.25) is 0 Å². The van der Waals surface area contributed by atoms with Gasteiger partial charge in [-0.25, -0.2) is 0 Å². The Morgan fingerprint density at radius 1 is 0.962 bits per heavy atom. The minimum atomic E-state index is -0.279. The second kappa shape index (κ2) is 6.63. The van der Waals surface area contributed by atoms with E-state index in [4.69, 9.17) is 9.31 Å². The second-order valence-corrected chi connectivity index (χ2v) is 9.37. The molecule has 0 spiro atoms. The molecule has 4 rings (SSSR count). The van der Waals surface area contributed by atoms with E-state index in [2.05, 4.69) is 62.7 Å². The van der Waals surface area contributed by atoms with Gasteiger partial charge in [0.2, 0.25) is 0 Å². The molecular formula is C21H33BN2O2. The van der Waals surface area contributed by atoms with Crippen LogP contribution in [0.5, 0.6) is 0 Å². The molecule has 2 saturated heterocycles. The maximum absolute atomic E-state index is 6.23. The third-order valence-corrected chi connectivity index (χ3v) is 7.00. The molecule has 3 aliphatic heterocycles. The van der Waals surface area contributed by atoms with Crippen LogP contribution in [0, 0.1) is 0 Å². The molecule has 5 heteroatoms. The first kappa shape index (κ1) is 18.5. The lowest BCUT2D eigenvalue weighted by Crippen LogP contribution is -2.46. The molecule has 0 aromatic heterocycles. The van der Waals surface area contributed by atoms with E-state index < -0.39 is 0 Å². The van der Waals surface area contributed by atoms with E-state index in [0.29, 0.717) is 0 Å². The van der Waals surface area contributed by atoms with Gasteiger partial charge in [0.1, 0.15) is 0 Å². The fraction of sp³-hybridized carbons (Fsp3) is 0.714. The zero-order valence-electron chi connectivity index (χ0n) is 17.0. The summed E-state index contributed by atoms with van der Waals surface area (Å²) >= 11 is 0. The Morgan fingerprint density at radius 3 is 2.27 bits per heavy atom. The molecule has 26 heavy (non-hydrogen) atoms. The average molecular weight is 356 g/mol. The summed E-state index contributed by atoms with van der Waals surface area (Å²) < 4.78 is 12.5. The lowest BCUT2D eigenvalue weighted by Gasteiger charge is -2.40. The van der Waals surface area contributed by atoms with Crippen LogP contribution in [0.25, 0.3) is 0 Å². The lowest BCUT2D eigenvalue weighted by atomic mass is 9.77. The van der Waals surface area contributed by atoms with Crippen LogP contribution in [-0.2, 0) is 22.3 Å². The third-order valence-electron chi connectivity index (χ3n) is 7.00. The summed E-state index contributed by atoms with van der Waals surface area (Å²) in [4.78, 5) is 5.15. The summed E-state index contributed by atoms with van der Waals surface area (Å²) in [5.41, 5.74) is 3.56. The van der Waals surface area contributed by atoms with Gasteiger partial charge in [0.25, 0.3) is 0 Å². The maximum atomic E-state index is 6.23. The van der Waals surface area contributed by atoms with Crippen LogP contribution in [0.3, 0.4) is 0 Å². The monoisotopic (exact) mass is 356 g/mol. The fourth-order valence-corrected chi connectivity index (χ4v) is 4.39. The highest BCUT2D eigenvalue weighted by atomic mass is 16.7. The number of hydrogen-bond donors (Lipinski definition) is 0. The van der Waals surface area contributed by atoms with E-state index in [-0.39, 0.29) is 18.3 Å². The van der Waals surface area contributed by atoms with Gasteiger partial charge in [-0.1, -0.05) is 18.2 Å². The Hall–Kier alpha value is -0.875. The Kier molecular flexibility index (Phi) is 4.71. The molecule has 0 unspecified atom stereocenters. The molecule has 0 amide bonds. The summed E-state index contributed by atoms with van der Waals surface area (Å²) in [6.45, 7) is 13.2. The van der Waals surface area contributed by atoms with Crippen LogP contribution < -0.4 is 5.46 Å². The number of hydrogen-bond acceptors (Lipinski definition) is 4. The van der Waals surface area contributed by atoms with E-state index in [0.717, 1.165) is 24.5 Å². The van der Waals surface area contributed by atoms with Crippen molar-refractivity contribution in [3.63, 3.8) is 0 Å². The van der Waals surface area contributed by atoms with E-state index >= 15 is 0 Å². The predicted molar refractivity (Wildman–Crippen MR) is 107 cm³/mol. The number of likely N-dealkylation sites (tertiary alicyclic amines) is 1. The average Bonchev–Trinajstić information content (AvgIpc) is 2.82. The topological polar surface area (TPSA) is 24.9 Å². The Bertz CT molecular complexity index is 652. The highest BCUT2D eigenvalue weighted by Gasteiger charge is 2.51. The zero-order chi connectivity index (χ0) is 18.5. The molecule has 1 aromatic rings. The number of piperidine rings is 1. The molecule has 142 valence electrons. The molecule has 0 radical (unpaired) electrons. The third kappa shape index (κ3) is 3.35. The fourth-order valence-electron chi connectivity index (χ4n) is 4.39. The number of nitrogens with zero attached hydrogens (tertiary/aromatic N) is 2. The standard InChI is InChI=1S/C21H33BN2O2/c1-20(2)21(3,4)26-22(25-20)18-7-6-17-15-24(13-8-16(17)14-18)19-9-11-23(5)12-10-19/h6-7,14,19H,8-13,15H2,1-5H3. The molecule has 1 aromatic carbocycles. The van der Waals surface area contributed by atoms with Crippen LogP contribution in [-0.4, -0.2) is 60.8 Å². The van der Waals surface area contributed by atoms with Crippen molar-refractivity contribution in [2.75, 3.05) is 26.7 Å². The van der Waals surface area contributed by atoms with Crippen LogP contribution in [0.4, 0.5) is 0 Å². The smallest absolute Gasteiger partial charge is 0.399 e. The van der Waals surface area contributed by atoms with Gasteiger partial charge in [-0.2, -0.15) is 0 Å². The van der Waals surface area contributed by atoms with Crippen molar-refractivity contribution in [2.24, 2.45) is 0 Å². The normalized spacial score (nSPS) is 26.9. The van der Waals surface area contributed by atoms with E-state index in [1.54, 1.807) is 0 Å². The van der Waals surface area contributed by atoms with Gasteiger partial charge in [-0.05, 0) is 83.7 Å². The van der Waals surface area contributed by atoms with Crippen molar-refractivity contribution < 1.29 is 9.31 Å². The van der Waals surface area contributed by atoms with Crippen molar-refractivity contribution >= 4 is 12.6 Å². The molecule has 3 aliphatic rings. The van der Waals surface area contributed by atoms with Crippen molar-refractivity contribution in [3.05, 3.63) is 29.3 Å². The minimum Gasteiger partial charge on any atom is -0.399 e. The molecule has 0 bridgehead atoms. The maximum Gasteiger partial charge on any atom is 0.494 e. The Balaban J connectivity index is 1.46. The van der Waals surface area contributed by atoms with Gasteiger partial charge >= 0.3 is 7.12 Å². The molecule has 0 atom stereocenters. The second-order valence-electron chi connectivity index (χ2n) is 9.37. The lowest BCUT2D eigenvalue weighted by molar-refractivity contribution is 0.00578.